The Labute approximate surface area is 152 Å². The second-order valence-electron chi connectivity index (χ2n) is 5.98. The van der Waals surface area contributed by atoms with Crippen molar-refractivity contribution in [2.75, 3.05) is 50.6 Å². The average Bonchev–Trinajstić information content (AvgIpc) is 2.67. The van der Waals surface area contributed by atoms with Crippen LogP contribution in [0.4, 0.5) is 17.3 Å². The quantitative estimate of drug-likeness (QED) is 0.790. The third kappa shape index (κ3) is 3.96. The molecule has 0 atom stereocenters. The summed E-state index contributed by atoms with van der Waals surface area (Å²) in [7, 11) is 3.21. The first kappa shape index (κ1) is 17.8. The first-order valence-electron chi connectivity index (χ1n) is 8.42. The standard InChI is InChI=1S/C18H23N5O3/c1-13-19-17(21-14-4-5-15(25-2)16(10-14)26-3)11-18(20-13)23-8-6-22(12-24)7-9-23/h4-5,10-12H,6-9H2,1-3H3,(H,19,20,21). The van der Waals surface area contributed by atoms with Gasteiger partial charge < -0.3 is 24.6 Å². The molecule has 0 aliphatic carbocycles. The second kappa shape index (κ2) is 7.90. The molecule has 0 unspecified atom stereocenters. The fourth-order valence-electron chi connectivity index (χ4n) is 2.90. The highest BCUT2D eigenvalue weighted by Gasteiger charge is 2.18. The lowest BCUT2D eigenvalue weighted by Crippen LogP contribution is -2.46. The zero-order valence-electron chi connectivity index (χ0n) is 15.2. The highest BCUT2D eigenvalue weighted by Crippen LogP contribution is 2.31. The Morgan fingerprint density at radius 3 is 2.42 bits per heavy atom. The predicted octanol–water partition coefficient (Wildman–Crippen LogP) is 1.82. The Morgan fingerprint density at radius 1 is 1.04 bits per heavy atom. The summed E-state index contributed by atoms with van der Waals surface area (Å²) in [6, 6.07) is 7.52. The lowest BCUT2D eigenvalue weighted by atomic mass is 10.2. The number of rotatable bonds is 6. The normalized spacial score (nSPS) is 14.1. The van der Waals surface area contributed by atoms with E-state index in [4.69, 9.17) is 9.47 Å². The molecular weight excluding hydrogens is 334 g/mol. The molecule has 0 saturated carbocycles. The fourth-order valence-corrected chi connectivity index (χ4v) is 2.90. The summed E-state index contributed by atoms with van der Waals surface area (Å²) >= 11 is 0. The molecule has 1 aromatic heterocycles. The van der Waals surface area contributed by atoms with Gasteiger partial charge in [0, 0.05) is 44.0 Å². The predicted molar refractivity (Wildman–Crippen MR) is 99.4 cm³/mol. The van der Waals surface area contributed by atoms with Crippen molar-refractivity contribution in [3.8, 4) is 11.5 Å². The van der Waals surface area contributed by atoms with Gasteiger partial charge in [-0.2, -0.15) is 0 Å². The number of aromatic nitrogens is 2. The minimum atomic E-state index is 0.647. The van der Waals surface area contributed by atoms with Crippen molar-refractivity contribution in [3.05, 3.63) is 30.1 Å². The Hall–Kier alpha value is -3.03. The number of anilines is 3. The van der Waals surface area contributed by atoms with Crippen molar-refractivity contribution in [2.45, 2.75) is 6.92 Å². The van der Waals surface area contributed by atoms with Gasteiger partial charge in [0.15, 0.2) is 11.5 Å². The third-order valence-corrected chi connectivity index (χ3v) is 4.27. The van der Waals surface area contributed by atoms with Crippen molar-refractivity contribution in [2.24, 2.45) is 0 Å². The van der Waals surface area contributed by atoms with Crippen molar-refractivity contribution in [3.63, 3.8) is 0 Å². The highest BCUT2D eigenvalue weighted by atomic mass is 16.5. The highest BCUT2D eigenvalue weighted by molar-refractivity contribution is 5.63. The monoisotopic (exact) mass is 357 g/mol. The van der Waals surface area contributed by atoms with Crippen LogP contribution in [0.15, 0.2) is 24.3 Å². The van der Waals surface area contributed by atoms with E-state index in [1.165, 1.54) is 0 Å². The van der Waals surface area contributed by atoms with E-state index >= 15 is 0 Å². The Morgan fingerprint density at radius 2 is 1.77 bits per heavy atom. The summed E-state index contributed by atoms with van der Waals surface area (Å²) in [5.74, 6) is 3.56. The van der Waals surface area contributed by atoms with E-state index in [0.717, 1.165) is 31.0 Å². The molecule has 26 heavy (non-hydrogen) atoms. The van der Waals surface area contributed by atoms with Gasteiger partial charge in [-0.25, -0.2) is 9.97 Å². The van der Waals surface area contributed by atoms with Crippen LogP contribution in [0.25, 0.3) is 0 Å². The molecule has 8 nitrogen and oxygen atoms in total. The van der Waals surface area contributed by atoms with Gasteiger partial charge in [0.1, 0.15) is 17.5 Å². The fraction of sp³-hybridized carbons (Fsp3) is 0.389. The number of hydrogen-bond donors (Lipinski definition) is 1. The Bertz CT molecular complexity index is 775. The summed E-state index contributed by atoms with van der Waals surface area (Å²) in [6.07, 6.45) is 0.895. The number of carbonyl (C=O) groups excluding carboxylic acids is 1. The molecule has 1 N–H and O–H groups in total. The van der Waals surface area contributed by atoms with Crippen LogP contribution in [0.1, 0.15) is 5.82 Å². The van der Waals surface area contributed by atoms with Crippen LogP contribution in [-0.2, 0) is 4.79 Å². The van der Waals surface area contributed by atoms with E-state index in [2.05, 4.69) is 20.2 Å². The SMILES string of the molecule is COc1ccc(Nc2cc(N3CCN(C=O)CC3)nc(C)n2)cc1OC. The van der Waals surface area contributed by atoms with E-state index in [1.807, 2.05) is 31.2 Å². The van der Waals surface area contributed by atoms with Crippen LogP contribution in [0.5, 0.6) is 11.5 Å². The Kier molecular flexibility index (Phi) is 5.40. The zero-order chi connectivity index (χ0) is 18.5. The summed E-state index contributed by atoms with van der Waals surface area (Å²) < 4.78 is 10.6. The van der Waals surface area contributed by atoms with Crippen LogP contribution in [0.2, 0.25) is 0 Å². The lowest BCUT2D eigenvalue weighted by molar-refractivity contribution is -0.118. The number of benzene rings is 1. The molecule has 0 radical (unpaired) electrons. The van der Waals surface area contributed by atoms with Crippen LogP contribution in [0.3, 0.4) is 0 Å². The molecule has 1 amide bonds. The smallest absolute Gasteiger partial charge is 0.209 e. The number of nitrogens with zero attached hydrogens (tertiary/aromatic N) is 4. The van der Waals surface area contributed by atoms with Gasteiger partial charge in [0.25, 0.3) is 0 Å². The van der Waals surface area contributed by atoms with E-state index in [0.29, 0.717) is 36.2 Å². The number of nitrogens with one attached hydrogen (secondary N) is 1. The maximum absolute atomic E-state index is 10.9. The first-order valence-corrected chi connectivity index (χ1v) is 8.42. The molecule has 3 rings (SSSR count). The van der Waals surface area contributed by atoms with E-state index < -0.39 is 0 Å². The number of carbonyl (C=O) groups is 1. The van der Waals surface area contributed by atoms with Crippen molar-refractivity contribution >= 4 is 23.7 Å². The van der Waals surface area contributed by atoms with E-state index in [1.54, 1.807) is 19.1 Å². The van der Waals surface area contributed by atoms with Gasteiger partial charge in [-0.1, -0.05) is 0 Å². The maximum atomic E-state index is 10.9. The second-order valence-corrected chi connectivity index (χ2v) is 5.98. The number of ether oxygens (including phenoxy) is 2. The number of aryl methyl sites for hydroxylation is 1. The minimum Gasteiger partial charge on any atom is -0.493 e. The van der Waals surface area contributed by atoms with Gasteiger partial charge in [0.2, 0.25) is 6.41 Å². The third-order valence-electron chi connectivity index (χ3n) is 4.27. The number of piperazine rings is 1. The summed E-state index contributed by atoms with van der Waals surface area (Å²) in [4.78, 5) is 23.8. The van der Waals surface area contributed by atoms with Crippen molar-refractivity contribution in [1.29, 1.82) is 0 Å². The topological polar surface area (TPSA) is 79.8 Å². The molecule has 1 fully saturated rings. The molecule has 2 heterocycles. The number of hydrogen-bond acceptors (Lipinski definition) is 7. The molecule has 1 aliphatic heterocycles. The molecule has 1 aliphatic rings. The summed E-state index contributed by atoms with van der Waals surface area (Å²) in [5.41, 5.74) is 0.845. The summed E-state index contributed by atoms with van der Waals surface area (Å²) in [6.45, 7) is 4.77. The molecule has 8 heteroatoms. The Balaban J connectivity index is 1.79. The molecule has 1 saturated heterocycles. The molecule has 138 valence electrons. The molecule has 0 spiro atoms. The number of methoxy groups -OCH3 is 2. The average molecular weight is 357 g/mol. The largest absolute Gasteiger partial charge is 0.493 e. The molecule has 1 aromatic carbocycles. The van der Waals surface area contributed by atoms with Crippen LogP contribution < -0.4 is 19.7 Å². The van der Waals surface area contributed by atoms with Crippen molar-refractivity contribution in [1.82, 2.24) is 14.9 Å². The maximum Gasteiger partial charge on any atom is 0.209 e. The van der Waals surface area contributed by atoms with Crippen LogP contribution >= 0.6 is 0 Å². The molecular formula is C18H23N5O3. The van der Waals surface area contributed by atoms with E-state index in [9.17, 15) is 4.79 Å². The van der Waals surface area contributed by atoms with Crippen LogP contribution in [0, 0.1) is 6.92 Å². The zero-order valence-corrected chi connectivity index (χ0v) is 15.2. The van der Waals surface area contributed by atoms with Crippen molar-refractivity contribution < 1.29 is 14.3 Å². The minimum absolute atomic E-state index is 0.647. The van der Waals surface area contributed by atoms with Crippen LogP contribution in [-0.4, -0.2) is 61.7 Å². The van der Waals surface area contributed by atoms with Gasteiger partial charge in [-0.3, -0.25) is 4.79 Å². The number of amides is 1. The van der Waals surface area contributed by atoms with Gasteiger partial charge >= 0.3 is 0 Å². The molecule has 0 bridgehead atoms. The first-order chi connectivity index (χ1) is 12.6. The molecule has 2 aromatic rings. The van der Waals surface area contributed by atoms with Gasteiger partial charge in [-0.05, 0) is 19.1 Å². The summed E-state index contributed by atoms with van der Waals surface area (Å²) in [5, 5.41) is 3.29. The van der Waals surface area contributed by atoms with E-state index in [-0.39, 0.29) is 0 Å². The lowest BCUT2D eigenvalue weighted by Gasteiger charge is -2.33. The van der Waals surface area contributed by atoms with Gasteiger partial charge in [0.05, 0.1) is 14.2 Å². The van der Waals surface area contributed by atoms with Gasteiger partial charge in [-0.15, -0.1) is 0 Å².